The summed E-state index contributed by atoms with van der Waals surface area (Å²) in [6, 6.07) is 14.7. The quantitative estimate of drug-likeness (QED) is 0.864. The molecule has 2 aliphatic rings. The molecule has 4 rings (SSSR count). The molecule has 2 atom stereocenters. The molecule has 2 aliphatic heterocycles. The van der Waals surface area contributed by atoms with Crippen LogP contribution in [0.4, 0.5) is 22.7 Å². The van der Waals surface area contributed by atoms with Crippen LogP contribution in [0.25, 0.3) is 0 Å². The molecule has 2 aromatic carbocycles. The van der Waals surface area contributed by atoms with Gasteiger partial charge in [0.25, 0.3) is 0 Å². The number of carbonyl (C=O) groups is 1. The SMILES string of the molecule is CC1CN(c2ccc(Nc3ccc4c(c3)N(C)C(=O)C4(C)C)cc2)CC(C)O1. The molecular weight excluding hydrogens is 350 g/mol. The summed E-state index contributed by atoms with van der Waals surface area (Å²) in [5.74, 6) is 0.137. The first kappa shape index (κ1) is 18.8. The third-order valence-electron chi connectivity index (χ3n) is 5.81. The van der Waals surface area contributed by atoms with Gasteiger partial charge in [-0.15, -0.1) is 0 Å². The van der Waals surface area contributed by atoms with Crippen LogP contribution >= 0.6 is 0 Å². The predicted octanol–water partition coefficient (Wildman–Crippen LogP) is 4.30. The first-order valence-corrected chi connectivity index (χ1v) is 9.96. The predicted molar refractivity (Wildman–Crippen MR) is 115 cm³/mol. The van der Waals surface area contributed by atoms with E-state index in [9.17, 15) is 4.79 Å². The third kappa shape index (κ3) is 3.24. The van der Waals surface area contributed by atoms with Crippen LogP contribution in [0.3, 0.4) is 0 Å². The van der Waals surface area contributed by atoms with Crippen LogP contribution in [0.15, 0.2) is 42.5 Å². The summed E-state index contributed by atoms with van der Waals surface area (Å²) >= 11 is 0. The zero-order chi connectivity index (χ0) is 20.1. The Labute approximate surface area is 167 Å². The number of fused-ring (bicyclic) bond motifs is 1. The number of likely N-dealkylation sites (N-methyl/N-ethyl adjacent to an activating group) is 1. The van der Waals surface area contributed by atoms with Gasteiger partial charge in [-0.05, 0) is 69.7 Å². The van der Waals surface area contributed by atoms with E-state index < -0.39 is 5.41 Å². The van der Waals surface area contributed by atoms with Crippen LogP contribution in [0.1, 0.15) is 33.3 Å². The average molecular weight is 380 g/mol. The molecule has 5 nitrogen and oxygen atoms in total. The topological polar surface area (TPSA) is 44.8 Å². The van der Waals surface area contributed by atoms with Crippen molar-refractivity contribution in [2.45, 2.75) is 45.3 Å². The van der Waals surface area contributed by atoms with Crippen molar-refractivity contribution in [2.75, 3.05) is 35.3 Å². The van der Waals surface area contributed by atoms with Gasteiger partial charge in [0, 0.05) is 42.9 Å². The standard InChI is InChI=1S/C23H29N3O2/c1-15-13-26(14-16(2)28-15)19-9-6-17(7-10-19)24-18-8-11-20-21(12-18)25(5)22(27)23(20,3)4/h6-12,15-16,24H,13-14H2,1-5H3. The van der Waals surface area contributed by atoms with E-state index in [0.29, 0.717) is 0 Å². The van der Waals surface area contributed by atoms with Crippen LogP contribution in [-0.2, 0) is 14.9 Å². The lowest BCUT2D eigenvalue weighted by Crippen LogP contribution is -2.45. The average Bonchev–Trinajstić information content (AvgIpc) is 2.82. The Balaban J connectivity index is 1.51. The summed E-state index contributed by atoms with van der Waals surface area (Å²) in [6.45, 7) is 10.0. The number of amides is 1. The lowest BCUT2D eigenvalue weighted by atomic mass is 9.86. The highest BCUT2D eigenvalue weighted by molar-refractivity contribution is 6.07. The Hall–Kier alpha value is -2.53. The Morgan fingerprint density at radius 2 is 1.61 bits per heavy atom. The summed E-state index contributed by atoms with van der Waals surface area (Å²) in [6.07, 6.45) is 0.494. The second-order valence-corrected chi connectivity index (χ2v) is 8.56. The van der Waals surface area contributed by atoms with Crippen LogP contribution < -0.4 is 15.1 Å². The first-order chi connectivity index (χ1) is 13.3. The second kappa shape index (κ2) is 6.82. The van der Waals surface area contributed by atoms with Crippen LogP contribution in [0, 0.1) is 0 Å². The number of rotatable bonds is 3. The van der Waals surface area contributed by atoms with Gasteiger partial charge in [0.1, 0.15) is 0 Å². The smallest absolute Gasteiger partial charge is 0.236 e. The van der Waals surface area contributed by atoms with Crippen LogP contribution in [0.2, 0.25) is 0 Å². The monoisotopic (exact) mass is 379 g/mol. The molecule has 2 unspecified atom stereocenters. The summed E-state index contributed by atoms with van der Waals surface area (Å²) in [4.78, 5) is 16.6. The number of morpholine rings is 1. The van der Waals surface area contributed by atoms with Gasteiger partial charge in [0.05, 0.1) is 17.6 Å². The summed E-state index contributed by atoms with van der Waals surface area (Å²) < 4.78 is 5.83. The van der Waals surface area contributed by atoms with Gasteiger partial charge in [-0.2, -0.15) is 0 Å². The molecule has 1 amide bonds. The molecule has 148 valence electrons. The van der Waals surface area contributed by atoms with Gasteiger partial charge in [-0.25, -0.2) is 0 Å². The molecule has 0 spiro atoms. The molecular formula is C23H29N3O2. The molecule has 0 radical (unpaired) electrons. The van der Waals surface area contributed by atoms with E-state index in [1.165, 1.54) is 5.69 Å². The fourth-order valence-corrected chi connectivity index (χ4v) is 4.37. The number of carbonyl (C=O) groups excluding carboxylic acids is 1. The van der Waals surface area contributed by atoms with Crippen LogP contribution in [0.5, 0.6) is 0 Å². The molecule has 28 heavy (non-hydrogen) atoms. The maximum Gasteiger partial charge on any atom is 0.236 e. The maximum absolute atomic E-state index is 12.5. The molecule has 5 heteroatoms. The van der Waals surface area contributed by atoms with Gasteiger partial charge in [-0.1, -0.05) is 6.07 Å². The minimum absolute atomic E-state index is 0.137. The van der Waals surface area contributed by atoms with Crippen LogP contribution in [-0.4, -0.2) is 38.3 Å². The van der Waals surface area contributed by atoms with Gasteiger partial charge < -0.3 is 19.9 Å². The normalized spacial score (nSPS) is 23.7. The van der Waals surface area contributed by atoms with Crippen molar-refractivity contribution in [1.82, 2.24) is 0 Å². The van der Waals surface area contributed by atoms with E-state index in [-0.39, 0.29) is 18.1 Å². The zero-order valence-electron chi connectivity index (χ0n) is 17.3. The van der Waals surface area contributed by atoms with Gasteiger partial charge in [0.2, 0.25) is 5.91 Å². The van der Waals surface area contributed by atoms with Crippen molar-refractivity contribution in [2.24, 2.45) is 0 Å². The third-order valence-corrected chi connectivity index (χ3v) is 5.81. The van der Waals surface area contributed by atoms with E-state index in [0.717, 1.165) is 35.7 Å². The molecule has 1 fully saturated rings. The van der Waals surface area contributed by atoms with Crippen molar-refractivity contribution in [3.05, 3.63) is 48.0 Å². The minimum Gasteiger partial charge on any atom is -0.372 e. The van der Waals surface area contributed by atoms with Crippen molar-refractivity contribution in [3.63, 3.8) is 0 Å². The molecule has 1 N–H and O–H groups in total. The van der Waals surface area contributed by atoms with Gasteiger partial charge >= 0.3 is 0 Å². The largest absolute Gasteiger partial charge is 0.372 e. The first-order valence-electron chi connectivity index (χ1n) is 9.96. The number of hydrogen-bond acceptors (Lipinski definition) is 4. The molecule has 0 aliphatic carbocycles. The van der Waals surface area contributed by atoms with E-state index >= 15 is 0 Å². The molecule has 0 saturated carbocycles. The van der Waals surface area contributed by atoms with Crippen molar-refractivity contribution in [1.29, 1.82) is 0 Å². The van der Waals surface area contributed by atoms with E-state index in [4.69, 9.17) is 4.74 Å². The fourth-order valence-electron chi connectivity index (χ4n) is 4.37. The van der Waals surface area contributed by atoms with Gasteiger partial charge in [0.15, 0.2) is 0 Å². The zero-order valence-corrected chi connectivity index (χ0v) is 17.3. The number of ether oxygens (including phenoxy) is 1. The molecule has 2 heterocycles. The minimum atomic E-state index is -0.462. The summed E-state index contributed by atoms with van der Waals surface area (Å²) in [7, 11) is 1.85. The number of benzene rings is 2. The van der Waals surface area contributed by atoms with E-state index in [1.807, 2.05) is 27.0 Å². The highest BCUT2D eigenvalue weighted by Gasteiger charge is 2.42. The Morgan fingerprint density at radius 3 is 2.25 bits per heavy atom. The number of nitrogens with zero attached hydrogens (tertiary/aromatic N) is 2. The Bertz CT molecular complexity index is 881. The van der Waals surface area contributed by atoms with E-state index in [2.05, 4.69) is 60.5 Å². The maximum atomic E-state index is 12.5. The van der Waals surface area contributed by atoms with Gasteiger partial charge in [-0.3, -0.25) is 4.79 Å². The summed E-state index contributed by atoms with van der Waals surface area (Å²) in [5.41, 5.74) is 4.83. The molecule has 2 aromatic rings. The Kier molecular flexibility index (Phi) is 4.58. The van der Waals surface area contributed by atoms with E-state index in [1.54, 1.807) is 4.90 Å². The number of anilines is 4. The molecule has 0 aromatic heterocycles. The molecule has 1 saturated heterocycles. The van der Waals surface area contributed by atoms with Crippen molar-refractivity contribution >= 4 is 28.7 Å². The number of nitrogens with one attached hydrogen (secondary N) is 1. The molecule has 0 bridgehead atoms. The van der Waals surface area contributed by atoms with Crippen molar-refractivity contribution in [3.8, 4) is 0 Å². The highest BCUT2D eigenvalue weighted by atomic mass is 16.5. The summed E-state index contributed by atoms with van der Waals surface area (Å²) in [5, 5.41) is 3.46. The highest BCUT2D eigenvalue weighted by Crippen LogP contribution is 2.42. The second-order valence-electron chi connectivity index (χ2n) is 8.56. The number of hydrogen-bond donors (Lipinski definition) is 1. The Morgan fingerprint density at radius 1 is 1.00 bits per heavy atom. The fraction of sp³-hybridized carbons (Fsp3) is 0.435. The van der Waals surface area contributed by atoms with Crippen molar-refractivity contribution < 1.29 is 9.53 Å². The lowest BCUT2D eigenvalue weighted by Gasteiger charge is -2.36. The lowest BCUT2D eigenvalue weighted by molar-refractivity contribution is -0.121.